The summed E-state index contributed by atoms with van der Waals surface area (Å²) in [5, 5.41) is 2.81. The third-order valence-electron chi connectivity index (χ3n) is 4.87. The average molecular weight is 408 g/mol. The van der Waals surface area contributed by atoms with Gasteiger partial charge in [-0.2, -0.15) is 0 Å². The molecule has 0 fully saturated rings. The largest absolute Gasteiger partial charge is 0.454 e. The van der Waals surface area contributed by atoms with Crippen molar-refractivity contribution in [2.75, 3.05) is 10.0 Å². The first-order valence-electron chi connectivity index (χ1n) is 9.07. The second-order valence-electron chi connectivity index (χ2n) is 7.12. The molecule has 2 N–H and O–H groups in total. The zero-order valence-electron chi connectivity index (χ0n) is 16.2. The standard InChI is InChI=1S/C22H20N2O4S/c1-13-4-8-21-19(10-13)23-22(25)18-12-16(6-9-20(18)28-21)24-29(26,27)17-7-5-14(2)15(3)11-17/h4-12,24H,1-3H3,(H,23,25). The maximum Gasteiger partial charge on any atom is 0.261 e. The molecule has 0 saturated heterocycles. The van der Waals surface area contributed by atoms with Crippen LogP contribution in [0.3, 0.4) is 0 Å². The summed E-state index contributed by atoms with van der Waals surface area (Å²) in [6.07, 6.45) is 0. The van der Waals surface area contributed by atoms with Gasteiger partial charge in [0.1, 0.15) is 5.75 Å². The maximum atomic E-state index is 12.8. The molecule has 0 aromatic heterocycles. The SMILES string of the molecule is Cc1ccc2c(c1)NC(=O)c1cc(NS(=O)(=O)c3ccc(C)c(C)c3)ccc1O2. The molecule has 0 unspecified atom stereocenters. The molecule has 3 aromatic rings. The molecular formula is C22H20N2O4S. The lowest BCUT2D eigenvalue weighted by atomic mass is 10.1. The minimum Gasteiger partial charge on any atom is -0.454 e. The quantitative estimate of drug-likeness (QED) is 0.654. The van der Waals surface area contributed by atoms with Gasteiger partial charge in [0, 0.05) is 5.69 Å². The van der Waals surface area contributed by atoms with Crippen molar-refractivity contribution >= 4 is 27.3 Å². The Hall–Kier alpha value is -3.32. The van der Waals surface area contributed by atoms with E-state index in [0.717, 1.165) is 16.7 Å². The molecule has 1 amide bonds. The molecule has 1 aliphatic rings. The number of ether oxygens (including phenoxy) is 1. The predicted molar refractivity (Wildman–Crippen MR) is 112 cm³/mol. The Bertz CT molecular complexity index is 1250. The first-order valence-corrected chi connectivity index (χ1v) is 10.6. The van der Waals surface area contributed by atoms with Gasteiger partial charge in [0.25, 0.3) is 15.9 Å². The number of carbonyl (C=O) groups excluding carboxylic acids is 1. The van der Waals surface area contributed by atoms with E-state index in [-0.39, 0.29) is 22.1 Å². The van der Waals surface area contributed by atoms with Gasteiger partial charge in [-0.25, -0.2) is 8.42 Å². The fraction of sp³-hybridized carbons (Fsp3) is 0.136. The highest BCUT2D eigenvalue weighted by molar-refractivity contribution is 7.92. The maximum absolute atomic E-state index is 12.8. The van der Waals surface area contributed by atoms with Crippen molar-refractivity contribution in [3.05, 3.63) is 76.9 Å². The number of hydrogen-bond acceptors (Lipinski definition) is 4. The van der Waals surface area contributed by atoms with E-state index >= 15 is 0 Å². The van der Waals surface area contributed by atoms with Crippen molar-refractivity contribution in [1.82, 2.24) is 0 Å². The number of anilines is 2. The number of aryl methyl sites for hydroxylation is 3. The number of sulfonamides is 1. The molecule has 148 valence electrons. The third-order valence-corrected chi connectivity index (χ3v) is 6.25. The molecule has 29 heavy (non-hydrogen) atoms. The summed E-state index contributed by atoms with van der Waals surface area (Å²) in [5.74, 6) is 0.530. The van der Waals surface area contributed by atoms with Gasteiger partial charge in [0.2, 0.25) is 0 Å². The molecule has 0 aliphatic carbocycles. The Morgan fingerprint density at radius 1 is 0.862 bits per heavy atom. The van der Waals surface area contributed by atoms with Crippen LogP contribution < -0.4 is 14.8 Å². The summed E-state index contributed by atoms with van der Waals surface area (Å²) in [4.78, 5) is 12.8. The Kier molecular flexibility index (Phi) is 4.55. The molecule has 3 aromatic carbocycles. The van der Waals surface area contributed by atoms with Crippen LogP contribution in [0.5, 0.6) is 11.5 Å². The van der Waals surface area contributed by atoms with Gasteiger partial charge in [0.15, 0.2) is 5.75 Å². The summed E-state index contributed by atoms with van der Waals surface area (Å²) in [6, 6.07) is 15.1. The topological polar surface area (TPSA) is 84.5 Å². The van der Waals surface area contributed by atoms with Gasteiger partial charge in [-0.1, -0.05) is 12.1 Å². The Labute approximate surface area is 169 Å². The van der Waals surface area contributed by atoms with Crippen molar-refractivity contribution in [2.24, 2.45) is 0 Å². The third kappa shape index (κ3) is 3.69. The fourth-order valence-electron chi connectivity index (χ4n) is 3.09. The number of rotatable bonds is 3. The second-order valence-corrected chi connectivity index (χ2v) is 8.80. The van der Waals surface area contributed by atoms with Gasteiger partial charge in [-0.15, -0.1) is 0 Å². The van der Waals surface area contributed by atoms with E-state index in [1.165, 1.54) is 6.07 Å². The van der Waals surface area contributed by atoms with E-state index in [0.29, 0.717) is 17.2 Å². The van der Waals surface area contributed by atoms with E-state index in [4.69, 9.17) is 4.74 Å². The van der Waals surface area contributed by atoms with Crippen molar-refractivity contribution in [1.29, 1.82) is 0 Å². The van der Waals surface area contributed by atoms with Crippen LogP contribution in [-0.2, 0) is 10.0 Å². The fourth-order valence-corrected chi connectivity index (χ4v) is 4.23. The lowest BCUT2D eigenvalue weighted by Gasteiger charge is -2.12. The van der Waals surface area contributed by atoms with Crippen molar-refractivity contribution in [3.63, 3.8) is 0 Å². The molecule has 4 rings (SSSR count). The first kappa shape index (κ1) is 19.0. The van der Waals surface area contributed by atoms with E-state index in [1.807, 2.05) is 32.9 Å². The highest BCUT2D eigenvalue weighted by atomic mass is 32.2. The van der Waals surface area contributed by atoms with Crippen LogP contribution in [0.4, 0.5) is 11.4 Å². The molecular weight excluding hydrogens is 388 g/mol. The smallest absolute Gasteiger partial charge is 0.261 e. The monoisotopic (exact) mass is 408 g/mol. The molecule has 1 aliphatic heterocycles. The normalized spacial score (nSPS) is 12.9. The predicted octanol–water partition coefficient (Wildman–Crippen LogP) is 4.77. The number of amides is 1. The first-order chi connectivity index (χ1) is 13.7. The van der Waals surface area contributed by atoms with Gasteiger partial charge < -0.3 is 10.1 Å². The molecule has 7 heteroatoms. The Morgan fingerprint density at radius 2 is 1.62 bits per heavy atom. The number of hydrogen-bond donors (Lipinski definition) is 2. The number of nitrogens with one attached hydrogen (secondary N) is 2. The minimum atomic E-state index is -3.79. The van der Waals surface area contributed by atoms with Crippen molar-refractivity contribution < 1.29 is 17.9 Å². The molecule has 0 bridgehead atoms. The zero-order chi connectivity index (χ0) is 20.8. The molecule has 6 nitrogen and oxygen atoms in total. The number of carbonyl (C=O) groups is 1. The highest BCUT2D eigenvalue weighted by Gasteiger charge is 2.23. The van der Waals surface area contributed by atoms with E-state index in [2.05, 4.69) is 10.0 Å². The summed E-state index contributed by atoms with van der Waals surface area (Å²) in [6.45, 7) is 5.70. The van der Waals surface area contributed by atoms with Crippen LogP contribution in [0, 0.1) is 20.8 Å². The van der Waals surface area contributed by atoms with Gasteiger partial charge in [-0.3, -0.25) is 9.52 Å². The van der Waals surface area contributed by atoms with Crippen LogP contribution in [0.15, 0.2) is 59.5 Å². The molecule has 0 radical (unpaired) electrons. The van der Waals surface area contributed by atoms with Gasteiger partial charge in [-0.05, 0) is 79.9 Å². The van der Waals surface area contributed by atoms with Crippen molar-refractivity contribution in [3.8, 4) is 11.5 Å². The highest BCUT2D eigenvalue weighted by Crippen LogP contribution is 2.37. The number of benzene rings is 3. The Morgan fingerprint density at radius 3 is 2.38 bits per heavy atom. The van der Waals surface area contributed by atoms with Gasteiger partial charge in [0.05, 0.1) is 16.1 Å². The molecule has 0 atom stereocenters. The average Bonchev–Trinajstić information content (AvgIpc) is 2.79. The molecule has 1 heterocycles. The van der Waals surface area contributed by atoms with E-state index in [1.54, 1.807) is 36.4 Å². The van der Waals surface area contributed by atoms with Crippen LogP contribution >= 0.6 is 0 Å². The lowest BCUT2D eigenvalue weighted by molar-refractivity contribution is 0.102. The Balaban J connectivity index is 1.67. The van der Waals surface area contributed by atoms with E-state index < -0.39 is 10.0 Å². The molecule has 0 spiro atoms. The summed E-state index contributed by atoms with van der Waals surface area (Å²) in [7, 11) is -3.79. The van der Waals surface area contributed by atoms with Crippen LogP contribution in [0.2, 0.25) is 0 Å². The number of fused-ring (bicyclic) bond motifs is 2. The van der Waals surface area contributed by atoms with Crippen LogP contribution in [-0.4, -0.2) is 14.3 Å². The summed E-state index contributed by atoms with van der Waals surface area (Å²) >= 11 is 0. The van der Waals surface area contributed by atoms with Gasteiger partial charge >= 0.3 is 0 Å². The lowest BCUT2D eigenvalue weighted by Crippen LogP contribution is -2.15. The van der Waals surface area contributed by atoms with Crippen molar-refractivity contribution in [2.45, 2.75) is 25.7 Å². The summed E-state index contributed by atoms with van der Waals surface area (Å²) in [5.41, 5.74) is 3.99. The second kappa shape index (κ2) is 6.93. The van der Waals surface area contributed by atoms with Crippen LogP contribution in [0.1, 0.15) is 27.0 Å². The zero-order valence-corrected chi connectivity index (χ0v) is 17.1. The van der Waals surface area contributed by atoms with Crippen LogP contribution in [0.25, 0.3) is 0 Å². The minimum absolute atomic E-state index is 0.166. The van der Waals surface area contributed by atoms with E-state index in [9.17, 15) is 13.2 Å². The molecule has 0 saturated carbocycles. The summed E-state index contributed by atoms with van der Waals surface area (Å²) < 4.78 is 33.9.